The highest BCUT2D eigenvalue weighted by Crippen LogP contribution is 2.45. The van der Waals surface area contributed by atoms with Crippen LogP contribution in [-0.4, -0.2) is 21.7 Å². The van der Waals surface area contributed by atoms with Crippen molar-refractivity contribution in [3.63, 3.8) is 0 Å². The molecule has 7 heteroatoms. The van der Waals surface area contributed by atoms with Gasteiger partial charge in [-0.25, -0.2) is 0 Å². The third-order valence-electron chi connectivity index (χ3n) is 2.61. The second-order valence-electron chi connectivity index (χ2n) is 4.05. The van der Waals surface area contributed by atoms with Crippen molar-refractivity contribution in [1.29, 1.82) is 0 Å². The Hall–Kier alpha value is -1.30. The molecule has 1 aliphatic rings. The highest BCUT2D eigenvalue weighted by molar-refractivity contribution is 5.85. The molecule has 0 aromatic carbocycles. The van der Waals surface area contributed by atoms with Crippen LogP contribution in [0.3, 0.4) is 0 Å². The van der Waals surface area contributed by atoms with Crippen molar-refractivity contribution in [2.45, 2.75) is 19.8 Å². The highest BCUT2D eigenvalue weighted by atomic mass is 35.5. The molecule has 1 aromatic heterocycles. The van der Waals surface area contributed by atoms with E-state index in [-0.39, 0.29) is 18.2 Å². The maximum atomic E-state index is 10.5. The van der Waals surface area contributed by atoms with Gasteiger partial charge in [0.25, 0.3) is 0 Å². The summed E-state index contributed by atoms with van der Waals surface area (Å²) in [6.45, 7) is 2.93. The summed E-state index contributed by atoms with van der Waals surface area (Å²) < 4.78 is 0. The Morgan fingerprint density at radius 2 is 2.40 bits per heavy atom. The van der Waals surface area contributed by atoms with E-state index in [0.717, 1.165) is 6.54 Å². The zero-order valence-electron chi connectivity index (χ0n) is 8.32. The van der Waals surface area contributed by atoms with Gasteiger partial charge in [0.1, 0.15) is 6.20 Å². The summed E-state index contributed by atoms with van der Waals surface area (Å²) in [7, 11) is 0. The second-order valence-corrected chi connectivity index (χ2v) is 4.05. The summed E-state index contributed by atoms with van der Waals surface area (Å²) in [4.78, 5) is 10.0. The van der Waals surface area contributed by atoms with E-state index in [4.69, 9.17) is 0 Å². The molecule has 0 radical (unpaired) electrons. The Balaban J connectivity index is 0.00000112. The van der Waals surface area contributed by atoms with Crippen LogP contribution < -0.4 is 5.32 Å². The van der Waals surface area contributed by atoms with E-state index in [9.17, 15) is 10.1 Å². The number of nitro groups is 1. The van der Waals surface area contributed by atoms with Crippen LogP contribution >= 0.6 is 12.4 Å². The first-order valence-electron chi connectivity index (χ1n) is 4.52. The van der Waals surface area contributed by atoms with Gasteiger partial charge in [-0.2, -0.15) is 0 Å². The zero-order valence-corrected chi connectivity index (χ0v) is 9.13. The number of nitrogens with zero attached hydrogens (tertiary/aromatic N) is 2. The smallest absolute Gasteiger partial charge is 0.366 e. The monoisotopic (exact) mass is 232 g/mol. The van der Waals surface area contributed by atoms with Crippen LogP contribution in [0.1, 0.15) is 19.8 Å². The van der Waals surface area contributed by atoms with Gasteiger partial charge in [0.05, 0.1) is 0 Å². The number of halogens is 1. The zero-order chi connectivity index (χ0) is 10.2. The molecule has 1 aromatic rings. The minimum Gasteiger partial charge on any atom is -0.376 e. The quantitative estimate of drug-likeness (QED) is 0.614. The van der Waals surface area contributed by atoms with E-state index in [2.05, 4.69) is 22.4 Å². The number of aromatic nitrogens is 2. The molecule has 1 heterocycles. The Bertz CT molecular complexity index is 361. The standard InChI is InChI=1S/C8H12N4O2.ClH/c1-8(2-3-8)5-9-6-4-10-11-7(6)12(13)14;/h4,9H,2-3,5H2,1H3,(H,10,11);1H. The lowest BCUT2D eigenvalue weighted by Crippen LogP contribution is -2.12. The molecular weight excluding hydrogens is 220 g/mol. The lowest BCUT2D eigenvalue weighted by Gasteiger charge is -2.08. The van der Waals surface area contributed by atoms with Crippen molar-refractivity contribution >= 4 is 23.9 Å². The van der Waals surface area contributed by atoms with Gasteiger partial charge < -0.3 is 15.4 Å². The van der Waals surface area contributed by atoms with Crippen molar-refractivity contribution < 1.29 is 4.92 Å². The molecule has 0 saturated heterocycles. The fourth-order valence-electron chi connectivity index (χ4n) is 1.25. The lowest BCUT2D eigenvalue weighted by molar-refractivity contribution is -0.388. The predicted octanol–water partition coefficient (Wildman–Crippen LogP) is 1.95. The molecule has 2 rings (SSSR count). The molecule has 0 unspecified atom stereocenters. The number of rotatable bonds is 4. The molecule has 15 heavy (non-hydrogen) atoms. The van der Waals surface area contributed by atoms with Crippen LogP contribution in [0, 0.1) is 15.5 Å². The summed E-state index contributed by atoms with van der Waals surface area (Å²) in [6.07, 6.45) is 3.82. The number of aromatic amines is 1. The van der Waals surface area contributed by atoms with Gasteiger partial charge in [-0.1, -0.05) is 12.0 Å². The lowest BCUT2D eigenvalue weighted by atomic mass is 10.1. The van der Waals surface area contributed by atoms with E-state index in [0.29, 0.717) is 11.1 Å². The van der Waals surface area contributed by atoms with Crippen molar-refractivity contribution in [2.75, 3.05) is 11.9 Å². The molecule has 6 nitrogen and oxygen atoms in total. The number of H-pyrrole nitrogens is 1. The van der Waals surface area contributed by atoms with E-state index < -0.39 is 4.92 Å². The van der Waals surface area contributed by atoms with Crippen molar-refractivity contribution in [1.82, 2.24) is 10.2 Å². The first-order valence-corrected chi connectivity index (χ1v) is 4.52. The second kappa shape index (κ2) is 4.06. The fourth-order valence-corrected chi connectivity index (χ4v) is 1.25. The van der Waals surface area contributed by atoms with E-state index in [1.165, 1.54) is 19.0 Å². The van der Waals surface area contributed by atoms with Crippen LogP contribution in [0.4, 0.5) is 11.5 Å². The van der Waals surface area contributed by atoms with E-state index in [1.807, 2.05) is 0 Å². The molecule has 0 aliphatic heterocycles. The van der Waals surface area contributed by atoms with Gasteiger partial charge in [0, 0.05) is 6.54 Å². The van der Waals surface area contributed by atoms with Gasteiger partial charge >= 0.3 is 5.82 Å². The fraction of sp³-hybridized carbons (Fsp3) is 0.625. The summed E-state index contributed by atoms with van der Waals surface area (Å²) in [5, 5.41) is 19.5. The number of nitrogens with one attached hydrogen (secondary N) is 2. The first kappa shape index (κ1) is 11.8. The minimum atomic E-state index is -0.468. The van der Waals surface area contributed by atoms with Crippen LogP contribution in [0.25, 0.3) is 0 Å². The number of anilines is 1. The average Bonchev–Trinajstić information content (AvgIpc) is 2.68. The van der Waals surface area contributed by atoms with Gasteiger partial charge in [0.15, 0.2) is 5.69 Å². The van der Waals surface area contributed by atoms with E-state index in [1.54, 1.807) is 0 Å². The normalized spacial score (nSPS) is 16.6. The largest absolute Gasteiger partial charge is 0.376 e. The maximum Gasteiger partial charge on any atom is 0.366 e. The van der Waals surface area contributed by atoms with Crippen molar-refractivity contribution in [3.05, 3.63) is 16.3 Å². The van der Waals surface area contributed by atoms with Gasteiger partial charge in [-0.15, -0.1) is 17.5 Å². The molecule has 2 N–H and O–H groups in total. The maximum absolute atomic E-state index is 10.5. The number of hydrogen-bond acceptors (Lipinski definition) is 4. The molecular formula is C8H13ClN4O2. The molecule has 1 fully saturated rings. The predicted molar refractivity (Wildman–Crippen MR) is 58.3 cm³/mol. The first-order chi connectivity index (χ1) is 6.61. The molecule has 0 amide bonds. The summed E-state index contributed by atoms with van der Waals surface area (Å²) in [5.41, 5.74) is 0.800. The Morgan fingerprint density at radius 3 is 2.93 bits per heavy atom. The molecule has 1 aliphatic carbocycles. The third kappa shape index (κ3) is 2.59. The molecule has 84 valence electrons. The van der Waals surface area contributed by atoms with Crippen LogP contribution in [0.2, 0.25) is 0 Å². The molecule has 0 bridgehead atoms. The SMILES string of the molecule is CC1(CNc2cn[nH]c2[N+](=O)[O-])CC1.Cl. The summed E-state index contributed by atoms with van der Waals surface area (Å²) in [6, 6.07) is 0. The van der Waals surface area contributed by atoms with Gasteiger partial charge in [-0.3, -0.25) is 0 Å². The number of hydrogen-bond donors (Lipinski definition) is 2. The summed E-state index contributed by atoms with van der Waals surface area (Å²) in [5.74, 6) is -0.0609. The van der Waals surface area contributed by atoms with Crippen molar-refractivity contribution in [3.8, 4) is 0 Å². The molecule has 1 saturated carbocycles. The van der Waals surface area contributed by atoms with Crippen LogP contribution in [0.15, 0.2) is 6.20 Å². The highest BCUT2D eigenvalue weighted by Gasteiger charge is 2.37. The molecule has 0 spiro atoms. The molecule has 0 atom stereocenters. The van der Waals surface area contributed by atoms with E-state index >= 15 is 0 Å². The summed E-state index contributed by atoms with van der Waals surface area (Å²) >= 11 is 0. The van der Waals surface area contributed by atoms with Crippen LogP contribution in [0.5, 0.6) is 0 Å². The Kier molecular flexibility index (Phi) is 3.18. The topological polar surface area (TPSA) is 83.8 Å². The van der Waals surface area contributed by atoms with Gasteiger partial charge in [-0.05, 0) is 23.2 Å². The Labute approximate surface area is 93.0 Å². The van der Waals surface area contributed by atoms with Crippen LogP contribution in [-0.2, 0) is 0 Å². The van der Waals surface area contributed by atoms with Crippen molar-refractivity contribution in [2.24, 2.45) is 5.41 Å². The van der Waals surface area contributed by atoms with Gasteiger partial charge in [0.2, 0.25) is 0 Å². The Morgan fingerprint density at radius 1 is 1.73 bits per heavy atom. The average molecular weight is 233 g/mol. The minimum absolute atomic E-state index is 0. The third-order valence-corrected chi connectivity index (χ3v) is 2.61.